The van der Waals surface area contributed by atoms with Crippen molar-refractivity contribution in [3.05, 3.63) is 78.4 Å². The lowest BCUT2D eigenvalue weighted by molar-refractivity contribution is 0.146. The molecule has 174 valence electrons. The summed E-state index contributed by atoms with van der Waals surface area (Å²) < 4.78 is 31.0. The zero-order valence-electron chi connectivity index (χ0n) is 18.5. The Morgan fingerprint density at radius 1 is 1.03 bits per heavy atom. The monoisotopic (exact) mass is 464 g/mol. The van der Waals surface area contributed by atoms with Crippen LogP contribution in [0.25, 0.3) is 10.9 Å². The number of carbonyl (C=O) groups excluding carboxylic acids is 1. The van der Waals surface area contributed by atoms with Crippen LogP contribution in [-0.2, 0) is 6.54 Å². The first-order valence-corrected chi connectivity index (χ1v) is 10.4. The second-order valence-electron chi connectivity index (χ2n) is 7.60. The van der Waals surface area contributed by atoms with Gasteiger partial charge < -0.3 is 20.3 Å². The number of hydrogen-bond acceptors (Lipinski definition) is 6. The summed E-state index contributed by atoms with van der Waals surface area (Å²) in [4.78, 5) is 26.4. The van der Waals surface area contributed by atoms with Gasteiger partial charge >= 0.3 is 6.03 Å². The predicted octanol–water partition coefficient (Wildman–Crippen LogP) is 5.14. The molecule has 2 heterocycles. The zero-order chi connectivity index (χ0) is 24.1. The van der Waals surface area contributed by atoms with Crippen LogP contribution >= 0.6 is 0 Å². The number of carbonyl (C=O) groups is 1. The van der Waals surface area contributed by atoms with Crippen LogP contribution in [0.4, 0.5) is 25.0 Å². The molecule has 0 aliphatic rings. The number of ether oxygens (including phenoxy) is 1. The van der Waals surface area contributed by atoms with Crippen molar-refractivity contribution in [2.24, 2.45) is 0 Å². The smallest absolute Gasteiger partial charge is 0.319 e. The van der Waals surface area contributed by atoms with Crippen molar-refractivity contribution in [1.29, 1.82) is 0 Å². The summed E-state index contributed by atoms with van der Waals surface area (Å²) in [6.45, 7) is 0.153. The Bertz CT molecular complexity index is 1280. The van der Waals surface area contributed by atoms with Crippen LogP contribution in [0, 0.1) is 0 Å². The van der Waals surface area contributed by atoms with Crippen molar-refractivity contribution in [3.8, 4) is 11.6 Å². The predicted molar refractivity (Wildman–Crippen MR) is 125 cm³/mol. The zero-order valence-corrected chi connectivity index (χ0v) is 18.5. The van der Waals surface area contributed by atoms with Gasteiger partial charge in [-0.3, -0.25) is 4.98 Å². The van der Waals surface area contributed by atoms with Gasteiger partial charge in [0.25, 0.3) is 6.43 Å². The van der Waals surface area contributed by atoms with E-state index in [1.54, 1.807) is 24.3 Å². The molecule has 2 aromatic carbocycles. The number of urea groups is 1. The van der Waals surface area contributed by atoms with Crippen molar-refractivity contribution < 1.29 is 18.3 Å². The fourth-order valence-corrected chi connectivity index (χ4v) is 3.13. The average Bonchev–Trinajstić information content (AvgIpc) is 2.84. The van der Waals surface area contributed by atoms with Gasteiger partial charge in [-0.2, -0.15) is 0 Å². The summed E-state index contributed by atoms with van der Waals surface area (Å²) in [6, 6.07) is 14.9. The summed E-state index contributed by atoms with van der Waals surface area (Å²) in [6.07, 6.45) is 0.140. The highest BCUT2D eigenvalue weighted by atomic mass is 19.3. The first-order valence-electron chi connectivity index (χ1n) is 10.4. The molecule has 0 fully saturated rings. The number of anilines is 2. The van der Waals surface area contributed by atoms with Gasteiger partial charge in [-0.25, -0.2) is 23.5 Å². The molecule has 0 saturated heterocycles. The number of benzene rings is 2. The number of pyridine rings is 1. The largest absolute Gasteiger partial charge is 0.438 e. The number of nitrogens with zero attached hydrogens (tertiary/aromatic N) is 4. The molecule has 2 aromatic heterocycles. The van der Waals surface area contributed by atoms with E-state index < -0.39 is 12.5 Å². The molecule has 34 heavy (non-hydrogen) atoms. The molecular formula is C24H22F2N6O2. The summed E-state index contributed by atoms with van der Waals surface area (Å²) in [5.41, 5.74) is 2.65. The van der Waals surface area contributed by atoms with Crippen molar-refractivity contribution in [2.45, 2.75) is 13.0 Å². The SMILES string of the molecule is CN(C)c1ccc2c(Oc3ccc(NC(=O)NCc4ccc(C(F)F)nc4)cc3)ncnc2c1. The minimum atomic E-state index is -2.62. The van der Waals surface area contributed by atoms with Crippen molar-refractivity contribution in [1.82, 2.24) is 20.3 Å². The molecule has 0 bridgehead atoms. The van der Waals surface area contributed by atoms with Gasteiger partial charge in [-0.1, -0.05) is 6.07 Å². The third-order valence-electron chi connectivity index (χ3n) is 4.95. The maximum atomic E-state index is 12.6. The average molecular weight is 464 g/mol. The Morgan fingerprint density at radius 3 is 2.50 bits per heavy atom. The summed E-state index contributed by atoms with van der Waals surface area (Å²) >= 11 is 0. The third-order valence-corrected chi connectivity index (χ3v) is 4.95. The number of amides is 2. The highest BCUT2D eigenvalue weighted by molar-refractivity contribution is 5.89. The number of alkyl halides is 2. The van der Waals surface area contributed by atoms with E-state index in [0.29, 0.717) is 22.9 Å². The molecule has 2 N–H and O–H groups in total. The maximum Gasteiger partial charge on any atom is 0.319 e. The fraction of sp³-hybridized carbons (Fsp3) is 0.167. The molecule has 4 rings (SSSR count). The van der Waals surface area contributed by atoms with Crippen molar-refractivity contribution in [2.75, 3.05) is 24.3 Å². The van der Waals surface area contributed by atoms with E-state index in [2.05, 4.69) is 25.6 Å². The van der Waals surface area contributed by atoms with Gasteiger partial charge in [-0.05, 0) is 54.1 Å². The molecule has 0 aliphatic heterocycles. The van der Waals surface area contributed by atoms with Gasteiger partial charge in [0.05, 0.1) is 10.9 Å². The summed E-state index contributed by atoms with van der Waals surface area (Å²) in [5, 5.41) is 6.14. The topological polar surface area (TPSA) is 92.3 Å². The summed E-state index contributed by atoms with van der Waals surface area (Å²) in [7, 11) is 3.92. The van der Waals surface area contributed by atoms with E-state index in [-0.39, 0.29) is 12.2 Å². The van der Waals surface area contributed by atoms with Crippen LogP contribution in [0.2, 0.25) is 0 Å². The number of fused-ring (bicyclic) bond motifs is 1. The Kier molecular flexibility index (Phi) is 6.77. The van der Waals surface area contributed by atoms with Crippen LogP contribution in [0.15, 0.2) is 67.1 Å². The molecule has 0 atom stereocenters. The number of aromatic nitrogens is 3. The number of halogens is 2. The van der Waals surface area contributed by atoms with Gasteiger partial charge in [0.2, 0.25) is 5.88 Å². The van der Waals surface area contributed by atoms with Gasteiger partial charge in [0.15, 0.2) is 0 Å². The molecule has 0 aliphatic carbocycles. The Labute approximate surface area is 194 Å². The van der Waals surface area contributed by atoms with Crippen LogP contribution < -0.4 is 20.3 Å². The van der Waals surface area contributed by atoms with E-state index in [9.17, 15) is 13.6 Å². The normalized spacial score (nSPS) is 10.9. The number of nitrogens with one attached hydrogen (secondary N) is 2. The van der Waals surface area contributed by atoms with Crippen LogP contribution in [-0.4, -0.2) is 35.1 Å². The van der Waals surface area contributed by atoms with Crippen LogP contribution in [0.1, 0.15) is 17.7 Å². The molecule has 8 nitrogen and oxygen atoms in total. The van der Waals surface area contributed by atoms with Gasteiger partial charge in [0.1, 0.15) is 17.8 Å². The first kappa shape index (κ1) is 22.8. The Morgan fingerprint density at radius 2 is 1.82 bits per heavy atom. The molecule has 4 aromatic rings. The minimum Gasteiger partial charge on any atom is -0.438 e. The van der Waals surface area contributed by atoms with E-state index in [4.69, 9.17) is 4.74 Å². The fourth-order valence-electron chi connectivity index (χ4n) is 3.13. The van der Waals surface area contributed by atoms with Crippen molar-refractivity contribution in [3.63, 3.8) is 0 Å². The highest BCUT2D eigenvalue weighted by Gasteiger charge is 2.10. The van der Waals surface area contributed by atoms with E-state index in [1.165, 1.54) is 24.7 Å². The Balaban J connectivity index is 1.35. The molecule has 0 saturated carbocycles. The minimum absolute atomic E-state index is 0.153. The molecular weight excluding hydrogens is 442 g/mol. The maximum absolute atomic E-state index is 12.6. The summed E-state index contributed by atoms with van der Waals surface area (Å²) in [5.74, 6) is 0.980. The molecule has 0 unspecified atom stereocenters. The van der Waals surface area contributed by atoms with Crippen LogP contribution in [0.5, 0.6) is 11.6 Å². The second-order valence-corrected chi connectivity index (χ2v) is 7.60. The molecule has 0 spiro atoms. The molecule has 10 heteroatoms. The van der Waals surface area contributed by atoms with E-state index >= 15 is 0 Å². The van der Waals surface area contributed by atoms with Crippen molar-refractivity contribution >= 4 is 28.3 Å². The number of rotatable bonds is 7. The van der Waals surface area contributed by atoms with Gasteiger partial charge in [-0.15, -0.1) is 0 Å². The van der Waals surface area contributed by atoms with Gasteiger partial charge in [0, 0.05) is 38.2 Å². The lowest BCUT2D eigenvalue weighted by atomic mass is 10.2. The standard InChI is InChI=1S/C24H22F2N6O2/c1-32(2)17-6-9-19-21(11-17)29-14-30-23(19)34-18-7-4-16(5-8-18)31-24(33)28-13-15-3-10-20(22(25)26)27-12-15/h3-12,14,22H,13H2,1-2H3,(H2,28,31,33). The first-order chi connectivity index (χ1) is 16.4. The Hall–Kier alpha value is -4.34. The second kappa shape index (κ2) is 10.1. The lowest BCUT2D eigenvalue weighted by Gasteiger charge is -2.13. The van der Waals surface area contributed by atoms with Crippen LogP contribution in [0.3, 0.4) is 0 Å². The van der Waals surface area contributed by atoms with E-state index in [0.717, 1.165) is 16.6 Å². The number of hydrogen-bond donors (Lipinski definition) is 2. The molecule has 0 radical (unpaired) electrons. The molecule has 2 amide bonds. The van der Waals surface area contributed by atoms with E-state index in [1.807, 2.05) is 37.2 Å². The third kappa shape index (κ3) is 5.52. The lowest BCUT2D eigenvalue weighted by Crippen LogP contribution is -2.28. The quantitative estimate of drug-likeness (QED) is 0.393. The highest BCUT2D eigenvalue weighted by Crippen LogP contribution is 2.29.